The number of aromatic nitrogens is 1. The van der Waals surface area contributed by atoms with Crippen molar-refractivity contribution in [3.05, 3.63) is 52.3 Å². The van der Waals surface area contributed by atoms with Crippen molar-refractivity contribution in [3.63, 3.8) is 0 Å². The zero-order chi connectivity index (χ0) is 13.1. The molecule has 0 spiro atoms. The zero-order valence-electron chi connectivity index (χ0n) is 9.06. The van der Waals surface area contributed by atoms with Crippen molar-refractivity contribution in [2.45, 2.75) is 0 Å². The highest BCUT2D eigenvalue weighted by Crippen LogP contribution is 2.27. The lowest BCUT2D eigenvalue weighted by Crippen LogP contribution is -2.09. The first-order chi connectivity index (χ1) is 8.56. The van der Waals surface area contributed by atoms with Crippen LogP contribution in [0.15, 0.2) is 36.7 Å². The molecular formula is C12H8Cl2N2OS. The van der Waals surface area contributed by atoms with Gasteiger partial charge < -0.3 is 10.5 Å². The summed E-state index contributed by atoms with van der Waals surface area (Å²) in [6, 6.07) is 6.72. The van der Waals surface area contributed by atoms with Crippen LogP contribution < -0.4 is 10.5 Å². The second-order valence-electron chi connectivity index (χ2n) is 3.45. The van der Waals surface area contributed by atoms with Crippen LogP contribution >= 0.6 is 35.4 Å². The molecule has 0 aliphatic carbocycles. The molecule has 0 atom stereocenters. The standard InChI is InChI=1S/C12H8Cl2N2OS/c13-7-3-9(6-16-5-7)17-8-1-2-10(12(15)18)11(14)4-8/h1-6H,(H2,15,18). The lowest BCUT2D eigenvalue weighted by atomic mass is 10.2. The largest absolute Gasteiger partial charge is 0.456 e. The van der Waals surface area contributed by atoms with Gasteiger partial charge in [0.15, 0.2) is 0 Å². The lowest BCUT2D eigenvalue weighted by Gasteiger charge is -2.08. The summed E-state index contributed by atoms with van der Waals surface area (Å²) in [5.74, 6) is 1.09. The van der Waals surface area contributed by atoms with Gasteiger partial charge in [-0.1, -0.05) is 35.4 Å². The van der Waals surface area contributed by atoms with Gasteiger partial charge >= 0.3 is 0 Å². The maximum Gasteiger partial charge on any atom is 0.147 e. The normalized spacial score (nSPS) is 10.1. The Kier molecular flexibility index (Phi) is 4.01. The van der Waals surface area contributed by atoms with Gasteiger partial charge in [-0.25, -0.2) is 0 Å². The van der Waals surface area contributed by atoms with E-state index in [0.29, 0.717) is 27.1 Å². The molecular weight excluding hydrogens is 291 g/mol. The van der Waals surface area contributed by atoms with Crippen LogP contribution in [0.25, 0.3) is 0 Å². The molecule has 2 rings (SSSR count). The van der Waals surface area contributed by atoms with E-state index in [1.165, 1.54) is 6.20 Å². The van der Waals surface area contributed by atoms with Crippen LogP contribution in [-0.2, 0) is 0 Å². The number of hydrogen-bond acceptors (Lipinski definition) is 3. The molecule has 0 unspecified atom stereocenters. The van der Waals surface area contributed by atoms with E-state index in [2.05, 4.69) is 4.98 Å². The van der Waals surface area contributed by atoms with E-state index in [1.807, 2.05) is 0 Å². The Bertz CT molecular complexity index is 604. The number of thiocarbonyl (C=S) groups is 1. The summed E-state index contributed by atoms with van der Waals surface area (Å²) >= 11 is 16.7. The molecule has 0 saturated carbocycles. The highest BCUT2D eigenvalue weighted by molar-refractivity contribution is 7.80. The quantitative estimate of drug-likeness (QED) is 0.875. The number of nitrogens with zero attached hydrogens (tertiary/aromatic N) is 1. The van der Waals surface area contributed by atoms with Crippen LogP contribution in [0, 0.1) is 0 Å². The van der Waals surface area contributed by atoms with E-state index in [4.69, 9.17) is 45.9 Å². The first-order valence-corrected chi connectivity index (χ1v) is 6.10. The van der Waals surface area contributed by atoms with Crippen molar-refractivity contribution in [2.24, 2.45) is 5.73 Å². The Hall–Kier alpha value is -1.36. The Labute approximate surface area is 119 Å². The molecule has 0 bridgehead atoms. The molecule has 0 radical (unpaired) electrons. The minimum absolute atomic E-state index is 0.246. The topological polar surface area (TPSA) is 48.1 Å². The molecule has 18 heavy (non-hydrogen) atoms. The molecule has 2 aromatic rings. The third-order valence-electron chi connectivity index (χ3n) is 2.12. The molecule has 0 amide bonds. The summed E-state index contributed by atoms with van der Waals surface area (Å²) in [5, 5.41) is 0.938. The third-order valence-corrected chi connectivity index (χ3v) is 2.86. The van der Waals surface area contributed by atoms with E-state index < -0.39 is 0 Å². The number of benzene rings is 1. The number of nitrogens with two attached hydrogens (primary N) is 1. The molecule has 1 aromatic carbocycles. The zero-order valence-corrected chi connectivity index (χ0v) is 11.4. The predicted octanol–water partition coefficient (Wildman–Crippen LogP) is 3.81. The molecule has 2 N–H and O–H groups in total. The maximum atomic E-state index is 6.03. The van der Waals surface area contributed by atoms with Gasteiger partial charge in [-0.3, -0.25) is 4.98 Å². The average molecular weight is 299 g/mol. The van der Waals surface area contributed by atoms with Crippen molar-refractivity contribution in [3.8, 4) is 11.5 Å². The lowest BCUT2D eigenvalue weighted by molar-refractivity contribution is 0.480. The number of ether oxygens (including phenoxy) is 1. The first-order valence-electron chi connectivity index (χ1n) is 4.94. The van der Waals surface area contributed by atoms with Gasteiger partial charge in [-0.2, -0.15) is 0 Å². The highest BCUT2D eigenvalue weighted by atomic mass is 35.5. The second-order valence-corrected chi connectivity index (χ2v) is 4.73. The molecule has 1 aromatic heterocycles. The van der Waals surface area contributed by atoms with Crippen molar-refractivity contribution in [1.29, 1.82) is 0 Å². The van der Waals surface area contributed by atoms with Gasteiger partial charge in [0.2, 0.25) is 0 Å². The Morgan fingerprint density at radius 3 is 2.56 bits per heavy atom. The van der Waals surface area contributed by atoms with Crippen molar-refractivity contribution < 1.29 is 4.74 Å². The van der Waals surface area contributed by atoms with E-state index in [0.717, 1.165) is 0 Å². The van der Waals surface area contributed by atoms with E-state index in [-0.39, 0.29) is 4.99 Å². The van der Waals surface area contributed by atoms with Gasteiger partial charge in [0, 0.05) is 23.9 Å². The molecule has 0 aliphatic rings. The van der Waals surface area contributed by atoms with Gasteiger partial charge in [-0.15, -0.1) is 0 Å². The summed E-state index contributed by atoms with van der Waals surface area (Å²) in [7, 11) is 0. The molecule has 0 fully saturated rings. The minimum atomic E-state index is 0.246. The maximum absolute atomic E-state index is 6.03. The van der Waals surface area contributed by atoms with Crippen LogP contribution in [0.3, 0.4) is 0 Å². The van der Waals surface area contributed by atoms with Crippen LogP contribution in [0.1, 0.15) is 5.56 Å². The second kappa shape index (κ2) is 5.52. The first kappa shape index (κ1) is 13.1. The van der Waals surface area contributed by atoms with Gasteiger partial charge in [0.25, 0.3) is 0 Å². The number of hydrogen-bond donors (Lipinski definition) is 1. The number of rotatable bonds is 3. The van der Waals surface area contributed by atoms with Gasteiger partial charge in [-0.05, 0) is 12.1 Å². The minimum Gasteiger partial charge on any atom is -0.456 e. The number of halogens is 2. The van der Waals surface area contributed by atoms with Gasteiger partial charge in [0.05, 0.1) is 16.2 Å². The fraction of sp³-hybridized carbons (Fsp3) is 0. The van der Waals surface area contributed by atoms with Crippen molar-refractivity contribution in [1.82, 2.24) is 4.98 Å². The summed E-state index contributed by atoms with van der Waals surface area (Å²) < 4.78 is 5.56. The van der Waals surface area contributed by atoms with Crippen LogP contribution in [0.2, 0.25) is 10.0 Å². The fourth-order valence-corrected chi connectivity index (χ4v) is 2.01. The summed E-state index contributed by atoms with van der Waals surface area (Å²) in [6.07, 6.45) is 3.08. The molecule has 6 heteroatoms. The van der Waals surface area contributed by atoms with Crippen LogP contribution in [0.5, 0.6) is 11.5 Å². The van der Waals surface area contributed by atoms with Crippen molar-refractivity contribution in [2.75, 3.05) is 0 Å². The van der Waals surface area contributed by atoms with Gasteiger partial charge in [0.1, 0.15) is 16.5 Å². The predicted molar refractivity (Wildman–Crippen MR) is 76.7 cm³/mol. The average Bonchev–Trinajstić information content (AvgIpc) is 2.28. The monoisotopic (exact) mass is 298 g/mol. The number of pyridine rings is 1. The molecule has 1 heterocycles. The molecule has 92 valence electrons. The van der Waals surface area contributed by atoms with Crippen molar-refractivity contribution >= 4 is 40.4 Å². The van der Waals surface area contributed by atoms with E-state index >= 15 is 0 Å². The van der Waals surface area contributed by atoms with E-state index in [1.54, 1.807) is 30.5 Å². The molecule has 3 nitrogen and oxygen atoms in total. The molecule has 0 saturated heterocycles. The Morgan fingerprint density at radius 2 is 1.94 bits per heavy atom. The smallest absolute Gasteiger partial charge is 0.147 e. The van der Waals surface area contributed by atoms with Crippen LogP contribution in [0.4, 0.5) is 0 Å². The highest BCUT2D eigenvalue weighted by Gasteiger charge is 2.06. The fourth-order valence-electron chi connectivity index (χ4n) is 1.34. The summed E-state index contributed by atoms with van der Waals surface area (Å²) in [6.45, 7) is 0. The summed E-state index contributed by atoms with van der Waals surface area (Å²) in [5.41, 5.74) is 6.13. The molecule has 0 aliphatic heterocycles. The summed E-state index contributed by atoms with van der Waals surface area (Å²) in [4.78, 5) is 4.16. The third kappa shape index (κ3) is 3.10. The Balaban J connectivity index is 2.25. The Morgan fingerprint density at radius 1 is 1.17 bits per heavy atom. The van der Waals surface area contributed by atoms with E-state index in [9.17, 15) is 0 Å². The SMILES string of the molecule is NC(=S)c1ccc(Oc2cncc(Cl)c2)cc1Cl. The van der Waals surface area contributed by atoms with Crippen LogP contribution in [-0.4, -0.2) is 9.97 Å².